The van der Waals surface area contributed by atoms with Gasteiger partial charge in [0.15, 0.2) is 5.11 Å². The number of hydrogen-bond acceptors (Lipinski definition) is 4. The van der Waals surface area contributed by atoms with Crippen LogP contribution in [0.1, 0.15) is 26.0 Å². The predicted octanol–water partition coefficient (Wildman–Crippen LogP) is 5.31. The number of piperidine rings is 1. The molecule has 5 nitrogen and oxygen atoms in total. The topological polar surface area (TPSA) is 53.3 Å². The molecule has 1 aromatic carbocycles. The lowest BCUT2D eigenvalue weighted by Gasteiger charge is -2.35. The van der Waals surface area contributed by atoms with Crippen molar-refractivity contribution in [3.63, 3.8) is 0 Å². The molecule has 6 heteroatoms. The van der Waals surface area contributed by atoms with E-state index in [0.29, 0.717) is 23.5 Å². The van der Waals surface area contributed by atoms with Crippen LogP contribution in [0.2, 0.25) is 0 Å². The summed E-state index contributed by atoms with van der Waals surface area (Å²) in [6.07, 6.45) is 3.13. The highest BCUT2D eigenvalue weighted by atomic mass is 32.1. The Morgan fingerprint density at radius 3 is 2.53 bits per heavy atom. The normalized spacial score (nSPS) is 18.8. The molecule has 1 fully saturated rings. The highest BCUT2D eigenvalue weighted by Crippen LogP contribution is 2.25. The van der Waals surface area contributed by atoms with Gasteiger partial charge < -0.3 is 20.0 Å². The fourth-order valence-corrected chi connectivity index (χ4v) is 4.26. The molecule has 2 atom stereocenters. The lowest BCUT2D eigenvalue weighted by atomic mass is 9.92. The van der Waals surface area contributed by atoms with E-state index < -0.39 is 0 Å². The van der Waals surface area contributed by atoms with Gasteiger partial charge in [-0.05, 0) is 54.7 Å². The fourth-order valence-electron chi connectivity index (χ4n) is 4.07. The zero-order valence-electron chi connectivity index (χ0n) is 17.5. The third kappa shape index (κ3) is 5.19. The van der Waals surface area contributed by atoms with E-state index in [0.717, 1.165) is 41.7 Å². The summed E-state index contributed by atoms with van der Waals surface area (Å²) in [6.45, 7) is 7.28. The number of hydrogen-bond donors (Lipinski definition) is 2. The van der Waals surface area contributed by atoms with Crippen LogP contribution in [-0.4, -0.2) is 23.2 Å². The molecule has 0 bridgehead atoms. The van der Waals surface area contributed by atoms with Crippen LogP contribution in [0.5, 0.6) is 0 Å². The summed E-state index contributed by atoms with van der Waals surface area (Å²) < 4.78 is 5.90. The second-order valence-electron chi connectivity index (χ2n) is 8.20. The van der Waals surface area contributed by atoms with Crippen molar-refractivity contribution in [1.82, 2.24) is 10.3 Å². The van der Waals surface area contributed by atoms with Crippen LogP contribution >= 0.6 is 12.2 Å². The van der Waals surface area contributed by atoms with Crippen LogP contribution < -0.4 is 15.5 Å². The Hall–Kier alpha value is -2.86. The Morgan fingerprint density at radius 1 is 1.07 bits per heavy atom. The number of benzene rings is 1. The molecule has 2 aromatic heterocycles. The van der Waals surface area contributed by atoms with Gasteiger partial charge >= 0.3 is 0 Å². The number of nitrogens with one attached hydrogen (secondary N) is 2. The minimum Gasteiger partial charge on any atom is -0.459 e. The standard InChI is InChI=1S/C24H28N4OS/c1-17-12-18(2)16-28(15-17)23-11-8-20(13-25-23)27-24(30)26-14-21-9-10-22(29-21)19-6-4-3-5-7-19/h3-11,13,17-18H,12,14-16H2,1-2H3,(H2,26,27,30)/t17-,18-/m0/s1. The van der Waals surface area contributed by atoms with Gasteiger partial charge in [0.05, 0.1) is 18.4 Å². The fraction of sp³-hybridized carbons (Fsp3) is 0.333. The molecule has 0 amide bonds. The molecule has 4 rings (SSSR count). The molecule has 0 radical (unpaired) electrons. The predicted molar refractivity (Wildman–Crippen MR) is 127 cm³/mol. The molecule has 3 heterocycles. The van der Waals surface area contributed by atoms with Gasteiger partial charge in [-0.15, -0.1) is 0 Å². The first kappa shape index (κ1) is 20.4. The van der Waals surface area contributed by atoms with Crippen molar-refractivity contribution in [2.75, 3.05) is 23.3 Å². The largest absolute Gasteiger partial charge is 0.459 e. The van der Waals surface area contributed by atoms with E-state index in [1.54, 1.807) is 0 Å². The van der Waals surface area contributed by atoms with Crippen LogP contribution in [0.25, 0.3) is 11.3 Å². The summed E-state index contributed by atoms with van der Waals surface area (Å²) in [4.78, 5) is 7.01. The van der Waals surface area contributed by atoms with Gasteiger partial charge in [0.2, 0.25) is 0 Å². The molecule has 1 aliphatic rings. The van der Waals surface area contributed by atoms with Crippen LogP contribution in [0.4, 0.5) is 11.5 Å². The average molecular weight is 421 g/mol. The van der Waals surface area contributed by atoms with E-state index in [9.17, 15) is 0 Å². The molecule has 156 valence electrons. The maximum absolute atomic E-state index is 5.90. The molecule has 0 unspecified atom stereocenters. The van der Waals surface area contributed by atoms with Gasteiger partial charge in [0.1, 0.15) is 17.3 Å². The second-order valence-corrected chi connectivity index (χ2v) is 8.60. The van der Waals surface area contributed by atoms with Gasteiger partial charge in [-0.25, -0.2) is 4.98 Å². The minimum absolute atomic E-state index is 0.522. The zero-order chi connectivity index (χ0) is 20.9. The van der Waals surface area contributed by atoms with Gasteiger partial charge in [-0.3, -0.25) is 0 Å². The Labute approximate surface area is 183 Å². The van der Waals surface area contributed by atoms with Crippen molar-refractivity contribution in [3.8, 4) is 11.3 Å². The third-order valence-corrected chi connectivity index (χ3v) is 5.59. The molecule has 30 heavy (non-hydrogen) atoms. The quantitative estimate of drug-likeness (QED) is 0.546. The summed E-state index contributed by atoms with van der Waals surface area (Å²) in [5, 5.41) is 6.93. The number of thiocarbonyl (C=S) groups is 1. The molecular formula is C24H28N4OS. The Bertz CT molecular complexity index is 960. The molecule has 0 aliphatic carbocycles. The van der Waals surface area contributed by atoms with Crippen LogP contribution in [0, 0.1) is 11.8 Å². The third-order valence-electron chi connectivity index (χ3n) is 5.34. The summed E-state index contributed by atoms with van der Waals surface area (Å²) >= 11 is 5.42. The first-order valence-electron chi connectivity index (χ1n) is 10.5. The van der Waals surface area contributed by atoms with Crippen molar-refractivity contribution < 1.29 is 4.42 Å². The number of rotatable bonds is 5. The van der Waals surface area contributed by atoms with Gasteiger partial charge in [0, 0.05) is 18.7 Å². The van der Waals surface area contributed by atoms with Crippen LogP contribution in [0.15, 0.2) is 65.2 Å². The minimum atomic E-state index is 0.522. The van der Waals surface area contributed by atoms with Gasteiger partial charge in [-0.2, -0.15) is 0 Å². The summed E-state index contributed by atoms with van der Waals surface area (Å²) in [7, 11) is 0. The summed E-state index contributed by atoms with van der Waals surface area (Å²) in [5.74, 6) is 4.12. The van der Waals surface area contributed by atoms with Crippen molar-refractivity contribution in [2.45, 2.75) is 26.8 Å². The molecule has 0 spiro atoms. The van der Waals surface area contributed by atoms with E-state index in [1.165, 1.54) is 6.42 Å². The molecule has 3 aromatic rings. The number of furan rings is 1. The SMILES string of the molecule is C[C@H]1C[C@H](C)CN(c2ccc(NC(=S)NCc3ccc(-c4ccccc4)o3)cn2)C1. The van der Waals surface area contributed by atoms with E-state index in [4.69, 9.17) is 16.6 Å². The maximum Gasteiger partial charge on any atom is 0.171 e. The van der Waals surface area contributed by atoms with E-state index in [2.05, 4.69) is 40.4 Å². The Morgan fingerprint density at radius 2 is 1.83 bits per heavy atom. The maximum atomic E-state index is 5.90. The first-order valence-corrected chi connectivity index (χ1v) is 10.9. The molecule has 0 saturated carbocycles. The smallest absolute Gasteiger partial charge is 0.171 e. The Balaban J connectivity index is 1.29. The lowest BCUT2D eigenvalue weighted by molar-refractivity contribution is 0.355. The number of nitrogens with zero attached hydrogens (tertiary/aromatic N) is 2. The number of aromatic nitrogens is 1. The van der Waals surface area contributed by atoms with E-state index in [1.807, 2.05) is 54.7 Å². The molecule has 1 aliphatic heterocycles. The summed E-state index contributed by atoms with van der Waals surface area (Å²) in [6, 6.07) is 18.1. The van der Waals surface area contributed by atoms with E-state index >= 15 is 0 Å². The monoisotopic (exact) mass is 420 g/mol. The average Bonchev–Trinajstić information content (AvgIpc) is 3.22. The molecular weight excluding hydrogens is 392 g/mol. The Kier molecular flexibility index (Phi) is 6.33. The number of anilines is 2. The van der Waals surface area contributed by atoms with Crippen LogP contribution in [-0.2, 0) is 6.54 Å². The number of pyridine rings is 1. The zero-order valence-corrected chi connectivity index (χ0v) is 18.3. The van der Waals surface area contributed by atoms with Gasteiger partial charge in [0.25, 0.3) is 0 Å². The lowest BCUT2D eigenvalue weighted by Crippen LogP contribution is -2.39. The van der Waals surface area contributed by atoms with Crippen molar-refractivity contribution >= 4 is 28.8 Å². The van der Waals surface area contributed by atoms with Gasteiger partial charge in [-0.1, -0.05) is 44.2 Å². The first-order chi connectivity index (χ1) is 14.6. The van der Waals surface area contributed by atoms with Crippen molar-refractivity contribution in [3.05, 3.63) is 66.6 Å². The molecule has 2 N–H and O–H groups in total. The second kappa shape index (κ2) is 9.30. The van der Waals surface area contributed by atoms with Crippen molar-refractivity contribution in [1.29, 1.82) is 0 Å². The highest BCUT2D eigenvalue weighted by Gasteiger charge is 2.22. The highest BCUT2D eigenvalue weighted by molar-refractivity contribution is 7.80. The van der Waals surface area contributed by atoms with Crippen molar-refractivity contribution in [2.24, 2.45) is 11.8 Å². The summed E-state index contributed by atoms with van der Waals surface area (Å²) in [5.41, 5.74) is 1.94. The van der Waals surface area contributed by atoms with Crippen LogP contribution in [0.3, 0.4) is 0 Å². The molecule has 1 saturated heterocycles. The van der Waals surface area contributed by atoms with E-state index in [-0.39, 0.29) is 0 Å².